The number of aromatic carboxylic acids is 1. The summed E-state index contributed by atoms with van der Waals surface area (Å²) < 4.78 is 12.4. The molecule has 7 rings (SSSR count). The number of benzene rings is 2. The van der Waals surface area contributed by atoms with E-state index in [9.17, 15) is 19.5 Å². The molecule has 9 nitrogen and oxygen atoms in total. The number of ketones is 1. The third-order valence-corrected chi connectivity index (χ3v) is 8.74. The quantitative estimate of drug-likeness (QED) is 0.307. The first-order chi connectivity index (χ1) is 20.8. The number of carboxylic acids is 1. The molecule has 0 N–H and O–H groups in total. The van der Waals surface area contributed by atoms with Crippen LogP contribution in [-0.2, 0) is 0 Å². The summed E-state index contributed by atoms with van der Waals surface area (Å²) in [6.07, 6.45) is 8.09. The number of piperidine rings is 1. The van der Waals surface area contributed by atoms with Crippen LogP contribution in [0.5, 0.6) is 11.5 Å². The van der Waals surface area contributed by atoms with Gasteiger partial charge in [0.2, 0.25) is 0 Å². The molecule has 1 saturated heterocycles. The molecule has 0 atom stereocenters. The van der Waals surface area contributed by atoms with E-state index in [2.05, 4.69) is 9.97 Å². The maximum Gasteiger partial charge on any atom is 1.00 e. The Labute approximate surface area is 276 Å². The van der Waals surface area contributed by atoms with E-state index in [-0.39, 0.29) is 53.2 Å². The second-order valence-corrected chi connectivity index (χ2v) is 11.6. The normalized spacial score (nSPS) is 17.0. The van der Waals surface area contributed by atoms with Crippen LogP contribution in [0.1, 0.15) is 81.7 Å². The molecule has 10 heteroatoms. The number of rotatable bonds is 6. The van der Waals surface area contributed by atoms with Gasteiger partial charge in [0.05, 0.1) is 30.3 Å². The standard InChI is InChI=1S/C34H31N3O6.Na/c1-2-42-30-16-22(15-26-25(30)7-10-36-31(26)20-3-4-20)32(39)37-11-8-34(9-12-37)17-28(38)27-14-21(5-6-29(27)43-34)23-13-24(33(40)41)19-35-18-23;/h5-7,10,13-16,18-20H,2-4,8-9,11-12,17H2,1H3,(H,40,41);/q;+1/p-1. The molecule has 2 aromatic carbocycles. The summed E-state index contributed by atoms with van der Waals surface area (Å²) in [5.41, 5.74) is 2.61. The monoisotopic (exact) mass is 599 g/mol. The van der Waals surface area contributed by atoms with Crippen LogP contribution in [0.2, 0.25) is 0 Å². The minimum Gasteiger partial charge on any atom is -0.545 e. The number of carboxylic acid groups (broad SMARTS) is 1. The minimum atomic E-state index is -1.31. The average Bonchev–Trinajstić information content (AvgIpc) is 3.86. The van der Waals surface area contributed by atoms with Gasteiger partial charge in [0.25, 0.3) is 5.91 Å². The SMILES string of the molecule is CCOc1cc(C(=O)N2CCC3(CC2)CC(=O)c2cc(-c4cncc(C(=O)[O-])c4)ccc2O3)cc2c(C3CC3)nccc12.[Na+]. The number of aromatic nitrogens is 2. The van der Waals surface area contributed by atoms with Gasteiger partial charge in [0.1, 0.15) is 17.1 Å². The van der Waals surface area contributed by atoms with E-state index >= 15 is 0 Å². The molecule has 0 radical (unpaired) electrons. The summed E-state index contributed by atoms with van der Waals surface area (Å²) in [6.45, 7) is 3.36. The molecule has 4 aromatic rings. The Bertz CT molecular complexity index is 1800. The van der Waals surface area contributed by atoms with Crippen molar-refractivity contribution in [2.24, 2.45) is 0 Å². The molecule has 4 heterocycles. The number of fused-ring (bicyclic) bond motifs is 2. The van der Waals surface area contributed by atoms with E-state index in [1.165, 1.54) is 12.3 Å². The predicted octanol–water partition coefficient (Wildman–Crippen LogP) is 1.58. The van der Waals surface area contributed by atoms with E-state index in [0.29, 0.717) is 72.2 Å². The van der Waals surface area contributed by atoms with Crippen LogP contribution in [0, 0.1) is 0 Å². The third kappa shape index (κ3) is 5.60. The van der Waals surface area contributed by atoms with E-state index < -0.39 is 11.6 Å². The molecule has 44 heavy (non-hydrogen) atoms. The first-order valence-electron chi connectivity index (χ1n) is 14.7. The van der Waals surface area contributed by atoms with Gasteiger partial charge in [-0.15, -0.1) is 0 Å². The number of hydrogen-bond acceptors (Lipinski definition) is 8. The van der Waals surface area contributed by atoms with Crippen molar-refractivity contribution in [3.05, 3.63) is 83.4 Å². The Morgan fingerprint density at radius 1 is 1.02 bits per heavy atom. The Kier molecular flexibility index (Phi) is 8.22. The third-order valence-electron chi connectivity index (χ3n) is 8.74. The molecular formula is C34H30N3NaO6. The fraction of sp³-hybridized carbons (Fsp3) is 0.324. The molecule has 3 aliphatic rings. The molecule has 2 aliphatic heterocycles. The zero-order valence-corrected chi connectivity index (χ0v) is 26.8. The van der Waals surface area contributed by atoms with Gasteiger partial charge in [-0.2, -0.15) is 0 Å². The number of ether oxygens (including phenoxy) is 2. The first kappa shape index (κ1) is 30.2. The van der Waals surface area contributed by atoms with Crippen LogP contribution in [0.15, 0.2) is 61.1 Å². The second-order valence-electron chi connectivity index (χ2n) is 11.6. The number of pyridine rings is 2. The molecule has 1 saturated carbocycles. The number of Topliss-reactive ketones (excluding diaryl/α,β-unsaturated/α-hetero) is 1. The van der Waals surface area contributed by atoms with Crippen molar-refractivity contribution in [2.75, 3.05) is 19.7 Å². The van der Waals surface area contributed by atoms with Crippen molar-refractivity contribution < 1.29 is 58.5 Å². The topological polar surface area (TPSA) is 122 Å². The number of hydrogen-bond donors (Lipinski definition) is 0. The molecule has 218 valence electrons. The molecule has 1 aliphatic carbocycles. The summed E-state index contributed by atoms with van der Waals surface area (Å²) >= 11 is 0. The first-order valence-corrected chi connectivity index (χ1v) is 14.7. The zero-order chi connectivity index (χ0) is 29.7. The molecule has 0 bridgehead atoms. The fourth-order valence-electron chi connectivity index (χ4n) is 6.31. The van der Waals surface area contributed by atoms with Gasteiger partial charge in [0, 0.05) is 77.9 Å². The molecule has 0 unspecified atom stereocenters. The Balaban J connectivity index is 0.00000343. The van der Waals surface area contributed by atoms with Gasteiger partial charge in [-0.25, -0.2) is 0 Å². The van der Waals surface area contributed by atoms with Gasteiger partial charge >= 0.3 is 29.6 Å². The molecule has 2 aromatic heterocycles. The fourth-order valence-corrected chi connectivity index (χ4v) is 6.31. The van der Waals surface area contributed by atoms with Crippen LogP contribution in [-0.4, -0.2) is 57.8 Å². The molecule has 2 fully saturated rings. The van der Waals surface area contributed by atoms with Crippen molar-refractivity contribution >= 4 is 28.4 Å². The Hall–Kier alpha value is -3.79. The summed E-state index contributed by atoms with van der Waals surface area (Å²) in [5, 5.41) is 13.2. The maximum atomic E-state index is 13.8. The largest absolute Gasteiger partial charge is 1.00 e. The predicted molar refractivity (Wildman–Crippen MR) is 156 cm³/mol. The number of nitrogens with zero attached hydrogens (tertiary/aromatic N) is 3. The minimum absolute atomic E-state index is 0. The van der Waals surface area contributed by atoms with Crippen LogP contribution in [0.4, 0.5) is 0 Å². The summed E-state index contributed by atoms with van der Waals surface area (Å²) in [5.74, 6) is 0.210. The van der Waals surface area contributed by atoms with Crippen LogP contribution in [0.25, 0.3) is 21.9 Å². The number of carbonyl (C=O) groups excluding carboxylic acids is 3. The number of carbonyl (C=O) groups is 3. The Morgan fingerprint density at radius 3 is 2.55 bits per heavy atom. The summed E-state index contributed by atoms with van der Waals surface area (Å²) in [4.78, 5) is 48.9. The second kappa shape index (κ2) is 12.0. The Morgan fingerprint density at radius 2 is 1.82 bits per heavy atom. The molecule has 1 amide bonds. The van der Waals surface area contributed by atoms with Crippen LogP contribution < -0.4 is 44.1 Å². The van der Waals surface area contributed by atoms with Crippen LogP contribution in [0.3, 0.4) is 0 Å². The summed E-state index contributed by atoms with van der Waals surface area (Å²) in [6, 6.07) is 12.5. The van der Waals surface area contributed by atoms with E-state index in [0.717, 1.165) is 29.3 Å². The molecular weight excluding hydrogens is 569 g/mol. The van der Waals surface area contributed by atoms with Crippen LogP contribution >= 0.6 is 0 Å². The van der Waals surface area contributed by atoms with E-state index in [1.807, 2.05) is 36.2 Å². The van der Waals surface area contributed by atoms with Gasteiger partial charge in [0.15, 0.2) is 5.78 Å². The van der Waals surface area contributed by atoms with Crippen molar-refractivity contribution in [1.82, 2.24) is 14.9 Å². The molecule has 1 spiro atoms. The van der Waals surface area contributed by atoms with Crippen molar-refractivity contribution in [3.8, 4) is 22.6 Å². The van der Waals surface area contributed by atoms with E-state index in [4.69, 9.17) is 9.47 Å². The van der Waals surface area contributed by atoms with Gasteiger partial charge in [-0.1, -0.05) is 6.07 Å². The van der Waals surface area contributed by atoms with Crippen molar-refractivity contribution in [1.29, 1.82) is 0 Å². The van der Waals surface area contributed by atoms with E-state index in [1.54, 1.807) is 24.4 Å². The number of likely N-dealkylation sites (tertiary alicyclic amines) is 1. The van der Waals surface area contributed by atoms with Crippen molar-refractivity contribution in [2.45, 2.75) is 50.5 Å². The van der Waals surface area contributed by atoms with Gasteiger partial charge < -0.3 is 24.3 Å². The van der Waals surface area contributed by atoms with Gasteiger partial charge in [-0.05, 0) is 61.7 Å². The zero-order valence-electron chi connectivity index (χ0n) is 24.8. The van der Waals surface area contributed by atoms with Crippen molar-refractivity contribution in [3.63, 3.8) is 0 Å². The smallest absolute Gasteiger partial charge is 0.545 e. The van der Waals surface area contributed by atoms with Gasteiger partial charge in [-0.3, -0.25) is 19.6 Å². The summed E-state index contributed by atoms with van der Waals surface area (Å²) in [7, 11) is 0. The average molecular weight is 600 g/mol. The maximum absolute atomic E-state index is 13.8. The number of amides is 1.